The Morgan fingerprint density at radius 1 is 1.15 bits per heavy atom. The molecule has 3 aromatic rings. The minimum absolute atomic E-state index is 0. The molecule has 4 rings (SSSR count). The fourth-order valence-electron chi connectivity index (χ4n) is 4.02. The number of hydrogen-bond acceptors (Lipinski definition) is 6. The molecule has 0 spiro atoms. The Bertz CT molecular complexity index is 1070. The molecule has 0 amide bonds. The van der Waals surface area contributed by atoms with Crippen molar-refractivity contribution < 1.29 is 4.52 Å². The molecule has 0 radical (unpaired) electrons. The lowest BCUT2D eigenvalue weighted by atomic mass is 10.1. The topological polar surface area (TPSA) is 73.0 Å². The molecule has 3 heterocycles. The number of aliphatic imine (C=N–C) groups is 1. The Morgan fingerprint density at radius 2 is 1.91 bits per heavy atom. The summed E-state index contributed by atoms with van der Waals surface area (Å²) in [5.41, 5.74) is 3.19. The van der Waals surface area contributed by atoms with Gasteiger partial charge in [-0.05, 0) is 31.5 Å². The predicted molar refractivity (Wildman–Crippen MR) is 144 cm³/mol. The normalized spacial score (nSPS) is 14.9. The van der Waals surface area contributed by atoms with Gasteiger partial charge >= 0.3 is 0 Å². The van der Waals surface area contributed by atoms with Gasteiger partial charge in [0.05, 0.1) is 17.8 Å². The lowest BCUT2D eigenvalue weighted by molar-refractivity contribution is 0.169. The molecule has 1 N–H and O–H groups in total. The number of nitrogens with zero attached hydrogens (tertiary/aromatic N) is 6. The van der Waals surface area contributed by atoms with Gasteiger partial charge in [-0.2, -0.15) is 0 Å². The Balaban J connectivity index is 0.00000306. The average Bonchev–Trinajstić information content (AvgIpc) is 3.21. The third kappa shape index (κ3) is 6.35. The van der Waals surface area contributed by atoms with Crippen LogP contribution in [-0.4, -0.2) is 72.7 Å². The van der Waals surface area contributed by atoms with E-state index in [-0.39, 0.29) is 24.0 Å². The molecule has 0 unspecified atom stereocenters. The molecule has 0 aliphatic carbocycles. The Kier molecular flexibility index (Phi) is 8.90. The molecule has 8 nitrogen and oxygen atoms in total. The van der Waals surface area contributed by atoms with Crippen LogP contribution < -0.4 is 10.2 Å². The van der Waals surface area contributed by atoms with Crippen LogP contribution in [0.4, 0.5) is 5.82 Å². The molecule has 1 aromatic carbocycles. The number of nitrogens with one attached hydrogen (secondary N) is 1. The zero-order valence-corrected chi connectivity index (χ0v) is 22.2. The summed E-state index contributed by atoms with van der Waals surface area (Å²) in [5.74, 6) is 2.79. The Morgan fingerprint density at radius 3 is 2.58 bits per heavy atom. The number of anilines is 1. The summed E-state index contributed by atoms with van der Waals surface area (Å²) in [6.45, 7) is 10.1. The van der Waals surface area contributed by atoms with Crippen molar-refractivity contribution in [3.05, 3.63) is 53.4 Å². The van der Waals surface area contributed by atoms with E-state index in [9.17, 15) is 0 Å². The molecule has 178 valence electrons. The summed E-state index contributed by atoms with van der Waals surface area (Å²) >= 11 is 0. The molecule has 1 saturated heterocycles. The number of halogens is 1. The Labute approximate surface area is 213 Å². The first-order valence-electron chi connectivity index (χ1n) is 11.3. The lowest BCUT2D eigenvalue weighted by Gasteiger charge is -2.36. The van der Waals surface area contributed by atoms with Gasteiger partial charge in [0.1, 0.15) is 11.6 Å². The highest BCUT2D eigenvalue weighted by Crippen LogP contribution is 2.23. The molecule has 33 heavy (non-hydrogen) atoms. The quantitative estimate of drug-likeness (QED) is 0.280. The fourth-order valence-corrected chi connectivity index (χ4v) is 4.02. The van der Waals surface area contributed by atoms with E-state index >= 15 is 0 Å². The van der Waals surface area contributed by atoms with E-state index in [2.05, 4.69) is 51.5 Å². The van der Waals surface area contributed by atoms with E-state index in [1.165, 1.54) is 5.56 Å². The molecule has 1 aliphatic rings. The SMILES string of the molecule is CCNC(=NCc1cc(N(C)C)nc2ccccc12)N1CCN(Cc2cc(C)on2)CC1.I. The van der Waals surface area contributed by atoms with Crippen LogP contribution in [0.1, 0.15) is 23.9 Å². The number of piperazine rings is 1. The van der Waals surface area contributed by atoms with Crippen molar-refractivity contribution in [1.29, 1.82) is 0 Å². The molecular weight excluding hydrogens is 529 g/mol. The molecule has 9 heteroatoms. The van der Waals surface area contributed by atoms with Crippen molar-refractivity contribution in [3.8, 4) is 0 Å². The number of pyridine rings is 1. The van der Waals surface area contributed by atoms with Crippen LogP contribution in [0.25, 0.3) is 10.9 Å². The third-order valence-corrected chi connectivity index (χ3v) is 5.71. The van der Waals surface area contributed by atoms with E-state index in [0.717, 1.165) is 73.4 Å². The molecular formula is C24H34IN7O. The monoisotopic (exact) mass is 563 g/mol. The molecule has 0 bridgehead atoms. The first-order chi connectivity index (χ1) is 15.5. The molecule has 0 saturated carbocycles. The van der Waals surface area contributed by atoms with Crippen LogP contribution in [0.3, 0.4) is 0 Å². The van der Waals surface area contributed by atoms with Gasteiger partial charge < -0.3 is 19.6 Å². The first-order valence-corrected chi connectivity index (χ1v) is 11.3. The zero-order valence-electron chi connectivity index (χ0n) is 19.9. The van der Waals surface area contributed by atoms with Crippen LogP contribution in [-0.2, 0) is 13.1 Å². The van der Waals surface area contributed by atoms with E-state index in [1.54, 1.807) is 0 Å². The smallest absolute Gasteiger partial charge is 0.194 e. The van der Waals surface area contributed by atoms with E-state index in [0.29, 0.717) is 6.54 Å². The predicted octanol–water partition coefficient (Wildman–Crippen LogP) is 3.50. The highest BCUT2D eigenvalue weighted by molar-refractivity contribution is 14.0. The Hall–Kier alpha value is -2.40. The van der Waals surface area contributed by atoms with Crippen molar-refractivity contribution in [1.82, 2.24) is 25.3 Å². The number of rotatable bonds is 6. The minimum atomic E-state index is 0. The van der Waals surface area contributed by atoms with E-state index < -0.39 is 0 Å². The summed E-state index contributed by atoms with van der Waals surface area (Å²) in [4.78, 5) is 16.6. The maximum Gasteiger partial charge on any atom is 0.194 e. The summed E-state index contributed by atoms with van der Waals surface area (Å²) in [6.07, 6.45) is 0. The van der Waals surface area contributed by atoms with Crippen molar-refractivity contribution in [2.75, 3.05) is 51.7 Å². The van der Waals surface area contributed by atoms with Crippen molar-refractivity contribution >= 4 is 46.7 Å². The van der Waals surface area contributed by atoms with Crippen LogP contribution >= 0.6 is 24.0 Å². The second-order valence-electron chi connectivity index (χ2n) is 8.41. The number of aromatic nitrogens is 2. The number of fused-ring (bicyclic) bond motifs is 1. The molecule has 0 atom stereocenters. The molecule has 1 fully saturated rings. The van der Waals surface area contributed by atoms with Crippen LogP contribution in [0, 0.1) is 6.92 Å². The molecule has 1 aliphatic heterocycles. The summed E-state index contributed by atoms with van der Waals surface area (Å²) < 4.78 is 5.20. The van der Waals surface area contributed by atoms with Gasteiger partial charge in [-0.25, -0.2) is 9.98 Å². The van der Waals surface area contributed by atoms with Gasteiger partial charge in [0.25, 0.3) is 0 Å². The second-order valence-corrected chi connectivity index (χ2v) is 8.41. The average molecular weight is 563 g/mol. The third-order valence-electron chi connectivity index (χ3n) is 5.71. The number of guanidine groups is 1. The van der Waals surface area contributed by atoms with Gasteiger partial charge in [-0.1, -0.05) is 23.4 Å². The largest absolute Gasteiger partial charge is 0.363 e. The first kappa shape index (κ1) is 25.2. The van der Waals surface area contributed by atoms with Gasteiger partial charge in [0, 0.05) is 64.8 Å². The number of benzene rings is 1. The van der Waals surface area contributed by atoms with Gasteiger partial charge in [-0.15, -0.1) is 24.0 Å². The van der Waals surface area contributed by atoms with Crippen LogP contribution in [0.15, 0.2) is 45.9 Å². The minimum Gasteiger partial charge on any atom is -0.363 e. The second kappa shape index (κ2) is 11.6. The van der Waals surface area contributed by atoms with Crippen molar-refractivity contribution in [2.24, 2.45) is 4.99 Å². The van der Waals surface area contributed by atoms with E-state index in [4.69, 9.17) is 14.5 Å². The number of hydrogen-bond donors (Lipinski definition) is 1. The fraction of sp³-hybridized carbons (Fsp3) is 0.458. The lowest BCUT2D eigenvalue weighted by Crippen LogP contribution is -2.52. The highest BCUT2D eigenvalue weighted by atomic mass is 127. The maximum absolute atomic E-state index is 5.20. The standard InChI is InChI=1S/C24H33N7O.HI/c1-5-25-24(31-12-10-30(11-13-31)17-20-14-18(2)32-28-20)26-16-19-15-23(29(3)4)27-22-9-7-6-8-21(19)22;/h6-9,14-15H,5,10-13,16-17H2,1-4H3,(H,25,26);1H. The van der Waals surface area contributed by atoms with Crippen molar-refractivity contribution in [3.63, 3.8) is 0 Å². The van der Waals surface area contributed by atoms with E-state index in [1.807, 2.05) is 38.1 Å². The number of para-hydroxylation sites is 1. The molecule has 2 aromatic heterocycles. The van der Waals surface area contributed by atoms with Gasteiger partial charge in [-0.3, -0.25) is 4.90 Å². The van der Waals surface area contributed by atoms with Gasteiger partial charge in [0.15, 0.2) is 5.96 Å². The van der Waals surface area contributed by atoms with Crippen LogP contribution in [0.5, 0.6) is 0 Å². The summed E-state index contributed by atoms with van der Waals surface area (Å²) in [5, 5.41) is 8.76. The van der Waals surface area contributed by atoms with Crippen LogP contribution in [0.2, 0.25) is 0 Å². The summed E-state index contributed by atoms with van der Waals surface area (Å²) in [6, 6.07) is 12.4. The zero-order chi connectivity index (χ0) is 22.5. The highest BCUT2D eigenvalue weighted by Gasteiger charge is 2.20. The maximum atomic E-state index is 5.20. The number of aryl methyl sites for hydroxylation is 1. The summed E-state index contributed by atoms with van der Waals surface area (Å²) in [7, 11) is 4.04. The van der Waals surface area contributed by atoms with Gasteiger partial charge in [0.2, 0.25) is 0 Å². The van der Waals surface area contributed by atoms with Crippen molar-refractivity contribution in [2.45, 2.75) is 26.9 Å².